The van der Waals surface area contributed by atoms with Crippen LogP contribution in [0.3, 0.4) is 0 Å². The predicted molar refractivity (Wildman–Crippen MR) is 62.1 cm³/mol. The average Bonchev–Trinajstić information content (AvgIpc) is 2.45. The molecule has 0 aliphatic carbocycles. The Hall–Kier alpha value is -1.77. The highest BCUT2D eigenvalue weighted by Gasteiger charge is 2.19. The minimum absolute atomic E-state index is 0.365. The minimum Gasteiger partial charge on any atom is -0.478 e. The lowest BCUT2D eigenvalue weighted by Crippen LogP contribution is -2.02. The SMILES string of the molecule is Cc1cc2oc(C)c(C)c2c(C(=O)O)c1C. The Morgan fingerprint density at radius 2 is 1.81 bits per heavy atom. The fraction of sp³-hybridized carbons (Fsp3) is 0.308. The molecule has 84 valence electrons. The van der Waals surface area contributed by atoms with E-state index in [1.807, 2.05) is 33.8 Å². The molecule has 0 aliphatic heterocycles. The molecule has 0 fully saturated rings. The van der Waals surface area contributed by atoms with E-state index < -0.39 is 5.97 Å². The molecule has 0 atom stereocenters. The molecule has 16 heavy (non-hydrogen) atoms. The molecule has 0 radical (unpaired) electrons. The topological polar surface area (TPSA) is 50.4 Å². The second-order valence-electron chi connectivity index (χ2n) is 4.16. The Bertz CT molecular complexity index is 591. The summed E-state index contributed by atoms with van der Waals surface area (Å²) < 4.78 is 5.56. The summed E-state index contributed by atoms with van der Waals surface area (Å²) in [6.07, 6.45) is 0. The fourth-order valence-corrected chi connectivity index (χ4v) is 2.02. The highest BCUT2D eigenvalue weighted by Crippen LogP contribution is 2.31. The van der Waals surface area contributed by atoms with E-state index in [9.17, 15) is 9.90 Å². The third-order valence-electron chi connectivity index (χ3n) is 3.19. The van der Waals surface area contributed by atoms with E-state index in [-0.39, 0.29) is 0 Å². The molecule has 1 heterocycles. The molecular formula is C13H14O3. The number of furan rings is 1. The van der Waals surface area contributed by atoms with E-state index in [0.717, 1.165) is 27.8 Å². The van der Waals surface area contributed by atoms with Gasteiger partial charge in [-0.3, -0.25) is 0 Å². The van der Waals surface area contributed by atoms with Crippen LogP contribution in [0.25, 0.3) is 11.0 Å². The van der Waals surface area contributed by atoms with Crippen LogP contribution in [0.2, 0.25) is 0 Å². The lowest BCUT2D eigenvalue weighted by molar-refractivity contribution is 0.0698. The first kappa shape index (κ1) is 10.7. The van der Waals surface area contributed by atoms with Crippen molar-refractivity contribution < 1.29 is 14.3 Å². The molecule has 1 N–H and O–H groups in total. The van der Waals surface area contributed by atoms with Crippen LogP contribution >= 0.6 is 0 Å². The van der Waals surface area contributed by atoms with Crippen molar-refractivity contribution in [2.75, 3.05) is 0 Å². The lowest BCUT2D eigenvalue weighted by Gasteiger charge is -2.06. The summed E-state index contributed by atoms with van der Waals surface area (Å²) in [5.41, 5.74) is 3.69. The monoisotopic (exact) mass is 218 g/mol. The number of rotatable bonds is 1. The number of carbonyl (C=O) groups is 1. The van der Waals surface area contributed by atoms with Gasteiger partial charge in [-0.15, -0.1) is 0 Å². The van der Waals surface area contributed by atoms with E-state index in [1.54, 1.807) is 0 Å². The van der Waals surface area contributed by atoms with Crippen LogP contribution in [0.5, 0.6) is 0 Å². The first-order valence-corrected chi connectivity index (χ1v) is 5.16. The van der Waals surface area contributed by atoms with Crippen LogP contribution in [-0.4, -0.2) is 11.1 Å². The number of aryl methyl sites for hydroxylation is 3. The van der Waals surface area contributed by atoms with Crippen molar-refractivity contribution in [3.05, 3.63) is 34.1 Å². The Morgan fingerprint density at radius 3 is 2.38 bits per heavy atom. The molecule has 0 saturated heterocycles. The Labute approximate surface area is 93.7 Å². The minimum atomic E-state index is -0.893. The van der Waals surface area contributed by atoms with E-state index in [2.05, 4.69) is 0 Å². The van der Waals surface area contributed by atoms with Crippen molar-refractivity contribution in [3.63, 3.8) is 0 Å². The van der Waals surface area contributed by atoms with Crippen molar-refractivity contribution in [2.45, 2.75) is 27.7 Å². The standard InChI is InChI=1S/C13H14O3/c1-6-5-10-11(8(3)9(4)16-10)12(7(6)2)13(14)15/h5H,1-4H3,(H,14,15). The molecule has 0 bridgehead atoms. The van der Waals surface area contributed by atoms with E-state index in [0.29, 0.717) is 11.1 Å². The number of aromatic carboxylic acids is 1. The number of fused-ring (bicyclic) bond motifs is 1. The first-order chi connectivity index (χ1) is 7.43. The lowest BCUT2D eigenvalue weighted by atomic mass is 9.97. The molecule has 1 aromatic carbocycles. The zero-order valence-corrected chi connectivity index (χ0v) is 9.84. The van der Waals surface area contributed by atoms with E-state index >= 15 is 0 Å². The molecule has 0 saturated carbocycles. The third-order valence-corrected chi connectivity index (χ3v) is 3.19. The summed E-state index contributed by atoms with van der Waals surface area (Å²) in [5.74, 6) is -0.113. The van der Waals surface area contributed by atoms with Crippen molar-refractivity contribution in [3.8, 4) is 0 Å². The number of hydrogen-bond acceptors (Lipinski definition) is 2. The van der Waals surface area contributed by atoms with Crippen LogP contribution in [0.15, 0.2) is 10.5 Å². The van der Waals surface area contributed by atoms with Gasteiger partial charge in [-0.05, 0) is 50.5 Å². The molecule has 3 heteroatoms. The van der Waals surface area contributed by atoms with E-state index in [1.165, 1.54) is 0 Å². The first-order valence-electron chi connectivity index (χ1n) is 5.16. The van der Waals surface area contributed by atoms with Gasteiger partial charge in [0.05, 0.1) is 5.56 Å². The summed E-state index contributed by atoms with van der Waals surface area (Å²) in [6, 6.07) is 1.90. The molecule has 0 aliphatic rings. The molecule has 0 amide bonds. The predicted octanol–water partition coefficient (Wildman–Crippen LogP) is 3.36. The fourth-order valence-electron chi connectivity index (χ4n) is 2.02. The highest BCUT2D eigenvalue weighted by molar-refractivity contribution is 6.05. The van der Waals surface area contributed by atoms with Crippen molar-refractivity contribution in [2.24, 2.45) is 0 Å². The highest BCUT2D eigenvalue weighted by atomic mass is 16.4. The normalized spacial score (nSPS) is 11.0. The Morgan fingerprint density at radius 1 is 1.19 bits per heavy atom. The smallest absolute Gasteiger partial charge is 0.336 e. The summed E-state index contributed by atoms with van der Waals surface area (Å²) in [7, 11) is 0. The summed E-state index contributed by atoms with van der Waals surface area (Å²) in [6.45, 7) is 7.47. The second kappa shape index (κ2) is 3.37. The van der Waals surface area contributed by atoms with Crippen LogP contribution in [0.1, 0.15) is 32.8 Å². The number of hydrogen-bond donors (Lipinski definition) is 1. The summed E-state index contributed by atoms with van der Waals surface area (Å²) in [4.78, 5) is 11.3. The second-order valence-corrected chi connectivity index (χ2v) is 4.16. The van der Waals surface area contributed by atoms with Crippen LogP contribution in [0, 0.1) is 27.7 Å². The van der Waals surface area contributed by atoms with Gasteiger partial charge in [0.15, 0.2) is 0 Å². The van der Waals surface area contributed by atoms with Gasteiger partial charge >= 0.3 is 5.97 Å². The summed E-state index contributed by atoms with van der Waals surface area (Å²) >= 11 is 0. The van der Waals surface area contributed by atoms with Gasteiger partial charge in [-0.1, -0.05) is 0 Å². The van der Waals surface area contributed by atoms with Gasteiger partial charge < -0.3 is 9.52 Å². The third kappa shape index (κ3) is 1.32. The van der Waals surface area contributed by atoms with E-state index in [4.69, 9.17) is 4.42 Å². The number of benzene rings is 1. The quantitative estimate of drug-likeness (QED) is 0.798. The molecule has 3 nitrogen and oxygen atoms in total. The molecule has 1 aromatic heterocycles. The van der Waals surface area contributed by atoms with Gasteiger partial charge in [0.1, 0.15) is 11.3 Å². The van der Waals surface area contributed by atoms with Crippen molar-refractivity contribution >= 4 is 16.9 Å². The average molecular weight is 218 g/mol. The molecule has 0 spiro atoms. The van der Waals surface area contributed by atoms with Crippen LogP contribution in [-0.2, 0) is 0 Å². The van der Waals surface area contributed by atoms with Gasteiger partial charge in [0.25, 0.3) is 0 Å². The van der Waals surface area contributed by atoms with Gasteiger partial charge in [-0.25, -0.2) is 4.79 Å². The van der Waals surface area contributed by atoms with Crippen LogP contribution in [0.4, 0.5) is 0 Å². The maximum atomic E-state index is 11.3. The number of carboxylic acids is 1. The number of carboxylic acid groups (broad SMARTS) is 1. The van der Waals surface area contributed by atoms with Crippen molar-refractivity contribution in [1.29, 1.82) is 0 Å². The zero-order valence-electron chi connectivity index (χ0n) is 9.84. The molecular weight excluding hydrogens is 204 g/mol. The molecule has 0 unspecified atom stereocenters. The van der Waals surface area contributed by atoms with Gasteiger partial charge in [0, 0.05) is 5.39 Å². The van der Waals surface area contributed by atoms with Gasteiger partial charge in [-0.2, -0.15) is 0 Å². The largest absolute Gasteiger partial charge is 0.478 e. The van der Waals surface area contributed by atoms with Gasteiger partial charge in [0.2, 0.25) is 0 Å². The zero-order chi connectivity index (χ0) is 12.0. The van der Waals surface area contributed by atoms with Crippen LogP contribution < -0.4 is 0 Å². The Kier molecular flexibility index (Phi) is 2.26. The maximum absolute atomic E-state index is 11.3. The summed E-state index contributed by atoms with van der Waals surface area (Å²) in [5, 5.41) is 10.0. The molecule has 2 aromatic rings. The Balaban J connectivity index is 3.02. The maximum Gasteiger partial charge on any atom is 0.336 e. The van der Waals surface area contributed by atoms with Crippen molar-refractivity contribution in [1.82, 2.24) is 0 Å². The molecule has 2 rings (SSSR count).